The van der Waals surface area contributed by atoms with E-state index in [0.29, 0.717) is 34.9 Å². The number of rotatable bonds is 3. The molecule has 33 heavy (non-hydrogen) atoms. The number of nitrogens with zero attached hydrogens (tertiary/aromatic N) is 1. The molecule has 2 aliphatic rings. The summed E-state index contributed by atoms with van der Waals surface area (Å²) in [4.78, 5) is 27.6. The quantitative estimate of drug-likeness (QED) is 0.302. The molecule has 2 heterocycles. The molecule has 1 fully saturated rings. The number of anilines is 1. The van der Waals surface area contributed by atoms with E-state index in [1.54, 1.807) is 48.5 Å². The molecule has 0 bridgehead atoms. The van der Waals surface area contributed by atoms with Gasteiger partial charge in [0.25, 0.3) is 11.7 Å². The molecule has 166 valence electrons. The van der Waals surface area contributed by atoms with Gasteiger partial charge in [0.15, 0.2) is 0 Å². The van der Waals surface area contributed by atoms with Crippen molar-refractivity contribution in [2.75, 3.05) is 11.5 Å². The lowest BCUT2D eigenvalue weighted by molar-refractivity contribution is -0.132. The van der Waals surface area contributed by atoms with Crippen LogP contribution in [-0.4, -0.2) is 28.5 Å². The molecule has 2 N–H and O–H groups in total. The van der Waals surface area contributed by atoms with Gasteiger partial charge in [-0.3, -0.25) is 14.5 Å². The molecule has 3 aromatic rings. The molecule has 0 spiro atoms. The molecule has 6 nitrogen and oxygen atoms in total. The Morgan fingerprint density at radius 3 is 2.48 bits per heavy atom. The first-order valence-corrected chi connectivity index (χ1v) is 10.9. The zero-order chi connectivity index (χ0) is 23.3. The highest BCUT2D eigenvalue weighted by Gasteiger charge is 2.47. The van der Waals surface area contributed by atoms with Gasteiger partial charge in [0.05, 0.1) is 23.2 Å². The number of aliphatic hydroxyl groups excluding tert-OH is 1. The standard InChI is InChI=1S/C25H17Cl2NO5/c26-16-3-5-17(6-4-16)28-22(14-1-7-19(29)18(27)12-14)21(24(31)25(28)32)23(30)15-2-8-20-13(11-15)9-10-33-20/h1-8,11-12,22,29-30H,9-10H2/b23-21-. The first kappa shape index (κ1) is 21.4. The minimum atomic E-state index is -0.964. The smallest absolute Gasteiger partial charge is 0.300 e. The second-order valence-electron chi connectivity index (χ2n) is 7.78. The molecule has 0 aliphatic carbocycles. The predicted molar refractivity (Wildman–Crippen MR) is 125 cm³/mol. The topological polar surface area (TPSA) is 87.1 Å². The number of benzene rings is 3. The molecule has 1 saturated heterocycles. The number of fused-ring (bicyclic) bond motifs is 1. The van der Waals surface area contributed by atoms with E-state index in [9.17, 15) is 19.8 Å². The van der Waals surface area contributed by atoms with Gasteiger partial charge in [0.1, 0.15) is 17.3 Å². The van der Waals surface area contributed by atoms with Crippen molar-refractivity contribution in [1.82, 2.24) is 0 Å². The van der Waals surface area contributed by atoms with E-state index in [1.165, 1.54) is 17.0 Å². The lowest BCUT2D eigenvalue weighted by Crippen LogP contribution is -2.29. The van der Waals surface area contributed by atoms with Crippen molar-refractivity contribution in [2.24, 2.45) is 0 Å². The zero-order valence-electron chi connectivity index (χ0n) is 17.1. The number of Topliss-reactive ketones (excluding diaryl/α,β-unsaturated/α-hetero) is 1. The normalized spacial score (nSPS) is 19.0. The van der Waals surface area contributed by atoms with Gasteiger partial charge in [-0.05, 0) is 65.7 Å². The zero-order valence-corrected chi connectivity index (χ0v) is 18.6. The minimum Gasteiger partial charge on any atom is -0.507 e. The summed E-state index contributed by atoms with van der Waals surface area (Å²) >= 11 is 12.1. The number of phenolic OH excluding ortho intramolecular Hbond substituents is 1. The van der Waals surface area contributed by atoms with Gasteiger partial charge in [0.2, 0.25) is 0 Å². The van der Waals surface area contributed by atoms with Crippen LogP contribution in [0.25, 0.3) is 5.76 Å². The Morgan fingerprint density at radius 1 is 1.00 bits per heavy atom. The summed E-state index contributed by atoms with van der Waals surface area (Å²) in [6.45, 7) is 0.548. The minimum absolute atomic E-state index is 0.0591. The summed E-state index contributed by atoms with van der Waals surface area (Å²) in [5.74, 6) is -1.32. The van der Waals surface area contributed by atoms with E-state index in [1.807, 2.05) is 0 Å². The lowest BCUT2D eigenvalue weighted by atomic mass is 9.94. The number of carbonyl (C=O) groups is 2. The van der Waals surface area contributed by atoms with Crippen molar-refractivity contribution in [3.05, 3.63) is 93.0 Å². The highest BCUT2D eigenvalue weighted by Crippen LogP contribution is 2.44. The van der Waals surface area contributed by atoms with Crippen LogP contribution in [0, 0.1) is 0 Å². The third-order valence-corrected chi connectivity index (χ3v) is 6.35. The molecule has 2 aliphatic heterocycles. The molecule has 0 aromatic heterocycles. The van der Waals surface area contributed by atoms with Crippen LogP contribution in [0.1, 0.15) is 22.7 Å². The first-order chi connectivity index (χ1) is 15.8. The van der Waals surface area contributed by atoms with Crippen molar-refractivity contribution in [2.45, 2.75) is 12.5 Å². The van der Waals surface area contributed by atoms with Crippen LogP contribution in [0.3, 0.4) is 0 Å². The Labute approximate surface area is 199 Å². The van der Waals surface area contributed by atoms with Gasteiger partial charge in [-0.1, -0.05) is 29.3 Å². The monoisotopic (exact) mass is 481 g/mol. The number of hydrogen-bond acceptors (Lipinski definition) is 5. The number of amides is 1. The largest absolute Gasteiger partial charge is 0.507 e. The Balaban J connectivity index is 1.71. The number of halogens is 2. The van der Waals surface area contributed by atoms with Crippen molar-refractivity contribution in [3.63, 3.8) is 0 Å². The molecule has 1 amide bonds. The van der Waals surface area contributed by atoms with Crippen LogP contribution >= 0.6 is 23.2 Å². The van der Waals surface area contributed by atoms with Crippen LogP contribution < -0.4 is 9.64 Å². The summed E-state index contributed by atoms with van der Waals surface area (Å²) in [7, 11) is 0. The van der Waals surface area contributed by atoms with Gasteiger partial charge in [0, 0.05) is 22.7 Å². The van der Waals surface area contributed by atoms with E-state index >= 15 is 0 Å². The van der Waals surface area contributed by atoms with Crippen LogP contribution in [-0.2, 0) is 16.0 Å². The maximum Gasteiger partial charge on any atom is 0.300 e. The number of carbonyl (C=O) groups excluding carboxylic acids is 2. The molecule has 8 heteroatoms. The molecular weight excluding hydrogens is 465 g/mol. The summed E-state index contributed by atoms with van der Waals surface area (Å²) in [6, 6.07) is 15.0. The van der Waals surface area contributed by atoms with E-state index < -0.39 is 17.7 Å². The number of ketones is 1. The van der Waals surface area contributed by atoms with Gasteiger partial charge < -0.3 is 14.9 Å². The van der Waals surface area contributed by atoms with E-state index in [0.717, 1.165) is 11.3 Å². The molecular formula is C25H17Cl2NO5. The van der Waals surface area contributed by atoms with E-state index in [-0.39, 0.29) is 22.1 Å². The summed E-state index contributed by atoms with van der Waals surface area (Å²) in [5, 5.41) is 21.7. The number of phenols is 1. The molecule has 1 unspecified atom stereocenters. The predicted octanol–water partition coefficient (Wildman–Crippen LogP) is 5.26. The van der Waals surface area contributed by atoms with Gasteiger partial charge in [-0.25, -0.2) is 0 Å². The first-order valence-electron chi connectivity index (χ1n) is 10.2. The van der Waals surface area contributed by atoms with Gasteiger partial charge >= 0.3 is 0 Å². The van der Waals surface area contributed by atoms with Crippen molar-refractivity contribution >= 4 is 46.3 Å². The van der Waals surface area contributed by atoms with E-state index in [2.05, 4.69) is 0 Å². The number of aromatic hydroxyl groups is 1. The second-order valence-corrected chi connectivity index (χ2v) is 8.62. The average Bonchev–Trinajstić information content (AvgIpc) is 3.38. The van der Waals surface area contributed by atoms with Crippen LogP contribution in [0.4, 0.5) is 5.69 Å². The fourth-order valence-corrected chi connectivity index (χ4v) is 4.51. The fourth-order valence-electron chi connectivity index (χ4n) is 4.20. The maximum atomic E-state index is 13.2. The summed E-state index contributed by atoms with van der Waals surface area (Å²) in [5.41, 5.74) is 2.13. The van der Waals surface area contributed by atoms with Crippen molar-refractivity contribution in [3.8, 4) is 11.5 Å². The van der Waals surface area contributed by atoms with E-state index in [4.69, 9.17) is 27.9 Å². The highest BCUT2D eigenvalue weighted by molar-refractivity contribution is 6.51. The summed E-state index contributed by atoms with van der Waals surface area (Å²) in [6.07, 6.45) is 0.687. The molecule has 0 radical (unpaired) electrons. The number of aliphatic hydroxyl groups is 1. The molecule has 1 atom stereocenters. The van der Waals surface area contributed by atoms with Crippen LogP contribution in [0.15, 0.2) is 66.2 Å². The highest BCUT2D eigenvalue weighted by atomic mass is 35.5. The third-order valence-electron chi connectivity index (χ3n) is 5.80. The Morgan fingerprint density at radius 2 is 1.76 bits per heavy atom. The molecule has 0 saturated carbocycles. The molecule has 3 aromatic carbocycles. The molecule has 5 rings (SSSR count). The maximum absolute atomic E-state index is 13.2. The average molecular weight is 482 g/mol. The fraction of sp³-hybridized carbons (Fsp3) is 0.120. The third kappa shape index (κ3) is 3.61. The SMILES string of the molecule is O=C1C(=O)N(c2ccc(Cl)cc2)C(c2ccc(O)c(Cl)c2)/C1=C(/O)c1ccc2c(c1)CCO2. The van der Waals surface area contributed by atoms with Crippen LogP contribution in [0.5, 0.6) is 11.5 Å². The van der Waals surface area contributed by atoms with Crippen LogP contribution in [0.2, 0.25) is 10.0 Å². The second kappa shape index (κ2) is 8.14. The lowest BCUT2D eigenvalue weighted by Gasteiger charge is -2.25. The Bertz CT molecular complexity index is 1330. The Kier molecular flexibility index (Phi) is 5.27. The van der Waals surface area contributed by atoms with Crippen molar-refractivity contribution < 1.29 is 24.5 Å². The number of ether oxygens (including phenoxy) is 1. The Hall–Kier alpha value is -3.48. The van der Waals surface area contributed by atoms with Gasteiger partial charge in [-0.15, -0.1) is 0 Å². The van der Waals surface area contributed by atoms with Gasteiger partial charge in [-0.2, -0.15) is 0 Å². The summed E-state index contributed by atoms with van der Waals surface area (Å²) < 4.78 is 5.52. The number of hydrogen-bond donors (Lipinski definition) is 2. The van der Waals surface area contributed by atoms with Crippen molar-refractivity contribution in [1.29, 1.82) is 0 Å².